The first-order valence-electron chi connectivity index (χ1n) is 39.8. The number of aryl methyl sites for hydroxylation is 7. The van der Waals surface area contributed by atoms with E-state index in [4.69, 9.17) is 26.3 Å². The van der Waals surface area contributed by atoms with Crippen molar-refractivity contribution < 1.29 is 0 Å². The predicted octanol–water partition coefficient (Wildman–Crippen LogP) is 28.8. The van der Waals surface area contributed by atoms with Crippen molar-refractivity contribution in [3.8, 4) is 22.7 Å². The minimum atomic E-state index is 0.661. The van der Waals surface area contributed by atoms with Crippen molar-refractivity contribution in [3.05, 3.63) is 384 Å². The summed E-state index contributed by atoms with van der Waals surface area (Å²) in [4.78, 5) is 14.9. The van der Waals surface area contributed by atoms with Crippen LogP contribution < -0.4 is 0 Å². The van der Waals surface area contributed by atoms with Gasteiger partial charge >= 0.3 is 0 Å². The molecule has 119 heavy (non-hydrogen) atoms. The van der Waals surface area contributed by atoms with Gasteiger partial charge in [-0.05, 0) is 169 Å². The zero-order valence-electron chi connectivity index (χ0n) is 66.5. The van der Waals surface area contributed by atoms with Crippen molar-refractivity contribution in [1.29, 1.82) is 0 Å². The molecule has 0 N–H and O–H groups in total. The zero-order chi connectivity index (χ0) is 80.7. The van der Waals surface area contributed by atoms with Crippen LogP contribution in [0.3, 0.4) is 0 Å². The van der Waals surface area contributed by atoms with Crippen molar-refractivity contribution in [1.82, 2.24) is 36.5 Å². The second-order valence-corrected chi connectivity index (χ2v) is 31.2. The van der Waals surface area contributed by atoms with Gasteiger partial charge in [0.25, 0.3) is 0 Å². The van der Waals surface area contributed by atoms with E-state index in [1.54, 1.807) is 0 Å². The molecule has 12 nitrogen and oxygen atoms in total. The Morgan fingerprint density at radius 1 is 0.202 bits per heavy atom. The van der Waals surface area contributed by atoms with Crippen molar-refractivity contribution in [3.63, 3.8) is 0 Å². The lowest BCUT2D eigenvalue weighted by atomic mass is 10.1. The van der Waals surface area contributed by atoms with Gasteiger partial charge in [0.15, 0.2) is 17.1 Å². The third-order valence-corrected chi connectivity index (χ3v) is 24.6. The van der Waals surface area contributed by atoms with E-state index in [0.29, 0.717) is 22.7 Å². The summed E-state index contributed by atoms with van der Waals surface area (Å²) in [6.07, 6.45) is 0. The lowest BCUT2D eigenvalue weighted by Crippen LogP contribution is -1.96. The maximum Gasteiger partial charge on any atom is 0.211 e. The molecule has 12 heteroatoms. The summed E-state index contributed by atoms with van der Waals surface area (Å²) < 4.78 is 18.2. The van der Waals surface area contributed by atoms with E-state index < -0.39 is 0 Å². The fourth-order valence-corrected chi connectivity index (χ4v) is 19.1. The molecule has 0 saturated carbocycles. The fraction of sp³-hybridized carbons (Fsp3) is 0.0654. The predicted molar refractivity (Wildman–Crippen MR) is 498 cm³/mol. The number of hydrogen-bond acceptors (Lipinski definition) is 0. The van der Waals surface area contributed by atoms with Crippen molar-refractivity contribution in [2.24, 2.45) is 28.2 Å². The zero-order valence-corrected chi connectivity index (χ0v) is 66.5. The molecule has 0 atom stereocenters. The molecule has 24 rings (SSSR count). The Morgan fingerprint density at radius 2 is 0.529 bits per heavy atom. The van der Waals surface area contributed by atoms with Crippen molar-refractivity contribution >= 4 is 197 Å². The summed E-state index contributed by atoms with van der Waals surface area (Å²) >= 11 is 0. The van der Waals surface area contributed by atoms with Crippen LogP contribution in [0.2, 0.25) is 0 Å². The lowest BCUT2D eigenvalue weighted by molar-refractivity contribution is 1.01. The van der Waals surface area contributed by atoms with E-state index in [1.807, 2.05) is 54.6 Å². The topological polar surface area (TPSA) is 56.9 Å². The van der Waals surface area contributed by atoms with Crippen molar-refractivity contribution in [2.45, 2.75) is 20.8 Å². The Kier molecular flexibility index (Phi) is 16.4. The largest absolute Gasteiger partial charge is 0.344 e. The first-order valence-corrected chi connectivity index (χ1v) is 39.8. The number of nitrogens with zero attached hydrogens (tertiary/aromatic N) is 12. The smallest absolute Gasteiger partial charge is 0.211 e. The van der Waals surface area contributed by atoms with Gasteiger partial charge in [0, 0.05) is 154 Å². The molecule has 8 heterocycles. The summed E-state index contributed by atoms with van der Waals surface area (Å²) in [6.45, 7) is 36.7. The number of fused-ring (bicyclic) bond motifs is 24. The van der Waals surface area contributed by atoms with Crippen LogP contribution in [-0.2, 0) is 28.2 Å². The summed E-state index contributed by atoms with van der Waals surface area (Å²) in [5.74, 6) is 0. The molecule has 24 aromatic rings. The van der Waals surface area contributed by atoms with Gasteiger partial charge in [-0.2, -0.15) is 0 Å². The molecule has 0 aliphatic carbocycles. The van der Waals surface area contributed by atoms with Crippen LogP contribution in [0.5, 0.6) is 0 Å². The van der Waals surface area contributed by atoms with E-state index in [9.17, 15) is 0 Å². The maximum absolute atomic E-state index is 7.76. The Bertz CT molecular complexity index is 8650. The van der Waals surface area contributed by atoms with E-state index in [1.165, 1.54) is 136 Å². The molecule has 0 aliphatic rings. The molecule has 0 aliphatic heterocycles. The molecular formula is C107H74N12. The molecular weight excluding hydrogens is 1450 g/mol. The monoisotopic (exact) mass is 1530 g/mol. The van der Waals surface area contributed by atoms with Gasteiger partial charge in [0.05, 0.1) is 81.5 Å². The normalized spacial score (nSPS) is 11.6. The van der Waals surface area contributed by atoms with Crippen LogP contribution in [0.1, 0.15) is 16.7 Å². The van der Waals surface area contributed by atoms with Crippen LogP contribution in [0, 0.1) is 47.1 Å². The third-order valence-electron chi connectivity index (χ3n) is 24.6. The van der Waals surface area contributed by atoms with Gasteiger partial charge in [-0.25, -0.2) is 19.4 Å². The minimum Gasteiger partial charge on any atom is -0.344 e. The fourth-order valence-electron chi connectivity index (χ4n) is 19.1. The molecule has 562 valence electrons. The molecule has 0 amide bonds. The Morgan fingerprint density at radius 3 is 1.04 bits per heavy atom. The first-order chi connectivity index (χ1) is 58.3. The molecule has 0 fully saturated rings. The first kappa shape index (κ1) is 70.7. The molecule has 0 bridgehead atoms. The second-order valence-electron chi connectivity index (χ2n) is 31.2. The highest BCUT2D eigenvalue weighted by Gasteiger charge is 2.23. The third kappa shape index (κ3) is 10.9. The van der Waals surface area contributed by atoms with E-state index >= 15 is 0 Å². The van der Waals surface area contributed by atoms with E-state index in [0.717, 1.165) is 77.4 Å². The number of hydrogen-bond donors (Lipinski definition) is 0. The number of benzene rings is 16. The maximum atomic E-state index is 7.76. The summed E-state index contributed by atoms with van der Waals surface area (Å²) in [5.41, 5.74) is 29.4. The molecule has 8 aromatic heterocycles. The molecule has 16 aromatic carbocycles. The van der Waals surface area contributed by atoms with Crippen LogP contribution in [0.4, 0.5) is 22.7 Å². The highest BCUT2D eigenvalue weighted by atomic mass is 15.0. The summed E-state index contributed by atoms with van der Waals surface area (Å²) in [7, 11) is 8.50. The van der Waals surface area contributed by atoms with Crippen LogP contribution in [0.15, 0.2) is 322 Å². The quantitative estimate of drug-likeness (QED) is 0.158. The Hall–Kier alpha value is -16.1. The van der Waals surface area contributed by atoms with Gasteiger partial charge in [-0.3, -0.25) is 0 Å². The molecule has 0 spiro atoms. The highest BCUT2D eigenvalue weighted by molar-refractivity contribution is 6.19. The Labute approximate surface area is 685 Å². The van der Waals surface area contributed by atoms with E-state index in [2.05, 4.69) is 372 Å². The van der Waals surface area contributed by atoms with Gasteiger partial charge in [0.2, 0.25) is 5.69 Å². The van der Waals surface area contributed by atoms with Crippen molar-refractivity contribution in [2.75, 3.05) is 0 Å². The second kappa shape index (κ2) is 27.6. The van der Waals surface area contributed by atoms with Crippen LogP contribution in [0.25, 0.3) is 217 Å². The molecule has 0 unspecified atom stereocenters. The average Bonchev–Trinajstić information content (AvgIpc) is 1.59. The standard InChI is InChI=1S/3C27H19N3.C26H17N3/c1-17-8-6-10-21-22-11-7-12-23(28-2)27(22)30(26(17)21)18-14-15-20-19-9-4-5-13-24(19)29(3)25(20)16-18;1-17-8-12-25-22(14-17)23-15-18(28-2)9-13-26(23)30(25)19-10-11-21-20-6-4-5-7-24(20)29(3)27(21)16-19;1-17-8-11-22-23-12-9-18(28-2)15-27(23)30(26(22)14-17)19-10-13-21-20-6-4-5-7-24(20)29(3)25(21)16-19;1-27-21-10-7-13-24-26(21)20-9-4-6-12-23(20)29(24)17-14-15-19-18-8-3-5-11-22(18)28(2)25(19)16-17/h3*4-16H,1,3H3;3-16H,2H3. The minimum absolute atomic E-state index is 0.661. The van der Waals surface area contributed by atoms with Gasteiger partial charge in [-0.15, -0.1) is 0 Å². The number of rotatable bonds is 4. The van der Waals surface area contributed by atoms with E-state index in [-0.39, 0.29) is 0 Å². The highest BCUT2D eigenvalue weighted by Crippen LogP contribution is 2.45. The van der Waals surface area contributed by atoms with Gasteiger partial charge < -0.3 is 36.5 Å². The lowest BCUT2D eigenvalue weighted by Gasteiger charge is -2.11. The summed E-state index contributed by atoms with van der Waals surface area (Å²) in [5, 5.41) is 19.3. The average molecular weight is 1530 g/mol. The molecule has 0 saturated heterocycles. The summed E-state index contributed by atoms with van der Waals surface area (Å²) in [6, 6.07) is 113. The van der Waals surface area contributed by atoms with Crippen LogP contribution in [-0.4, -0.2) is 36.5 Å². The van der Waals surface area contributed by atoms with Gasteiger partial charge in [-0.1, -0.05) is 206 Å². The molecule has 0 radical (unpaired) electrons. The van der Waals surface area contributed by atoms with Crippen LogP contribution >= 0.6 is 0 Å². The van der Waals surface area contributed by atoms with Gasteiger partial charge in [0.1, 0.15) is 0 Å². The number of aromatic nitrogens is 8. The number of para-hydroxylation sites is 7. The SMILES string of the molecule is [C-]#[N+]c1ccc2c(c1)c1cc(C)ccc1n2-c1ccc2c3ccccc3n(C)c2c1.[C-]#[N+]c1ccc2c3ccc(C)cc3n(-c3ccc4c5ccccc5n(C)c4c3)c2c1.[C-]#[N+]c1cccc2c1c1ccccc1n2-c1ccc2c3ccccc3n(C)c2c1.[C-]#[N+]c1cccc2c3cccc(C)c3n(-c3ccc4c5ccccc5n(C)c4c3)c12. The Balaban J connectivity index is 0.0000000984.